The molecule has 2 saturated heterocycles. The Morgan fingerprint density at radius 2 is 1.68 bits per heavy atom. The highest BCUT2D eigenvalue weighted by Gasteiger charge is 2.44. The quantitative estimate of drug-likeness (QED) is 0.0806. The predicted octanol–water partition coefficient (Wildman–Crippen LogP) is 3.14. The second-order valence-corrected chi connectivity index (χ2v) is 18.9. The van der Waals surface area contributed by atoms with Crippen molar-refractivity contribution in [1.29, 1.82) is 0 Å². The molecule has 350 valence electrons. The minimum Gasteiger partial charge on any atom is -0.494 e. The van der Waals surface area contributed by atoms with Crippen molar-refractivity contribution in [3.8, 4) is 17.0 Å². The van der Waals surface area contributed by atoms with E-state index in [1.54, 1.807) is 6.07 Å². The van der Waals surface area contributed by atoms with Gasteiger partial charge >= 0.3 is 0 Å². The highest BCUT2D eigenvalue weighted by Crippen LogP contribution is 2.30. The smallest absolute Gasteiger partial charge is 0.262 e. The first-order valence-electron chi connectivity index (χ1n) is 21.8. The third kappa shape index (κ3) is 12.1. The van der Waals surface area contributed by atoms with Crippen molar-refractivity contribution >= 4 is 67.8 Å². The SMILES string of the molecule is CS(=O)(=O)n1ccc(C(=O)N[C@@H](CCOCCCC(=O)N2CCN(CCCCCOc3ccc4c(c3)C(=O)N(C3CCC(=O)NC3=O)C4=O)CC2)C(=O)Nc2nc(-c3ccccc3)cs2)c1. The molecule has 0 aliphatic carbocycles. The van der Waals surface area contributed by atoms with Gasteiger partial charge in [0.2, 0.25) is 33.7 Å². The third-order valence-corrected chi connectivity index (χ3v) is 13.2. The number of ether oxygens (including phenoxy) is 2. The van der Waals surface area contributed by atoms with E-state index < -0.39 is 57.6 Å². The minimum absolute atomic E-state index is 0.0422. The van der Waals surface area contributed by atoms with Crippen LogP contribution in [0.25, 0.3) is 11.3 Å². The molecule has 19 nitrogen and oxygen atoms in total. The number of unbranched alkanes of at least 4 members (excludes halogenated alkanes) is 2. The number of carbonyl (C=O) groups is 7. The van der Waals surface area contributed by atoms with Crippen LogP contribution in [-0.2, 0) is 33.9 Å². The fraction of sp³-hybridized carbons (Fsp3) is 0.422. The number of carbonyl (C=O) groups excluding carboxylic acids is 7. The summed E-state index contributed by atoms with van der Waals surface area (Å²) in [5.74, 6) is -2.86. The van der Waals surface area contributed by atoms with Crippen LogP contribution >= 0.6 is 11.3 Å². The largest absolute Gasteiger partial charge is 0.494 e. The zero-order valence-electron chi connectivity index (χ0n) is 36.4. The molecule has 3 aliphatic heterocycles. The molecule has 2 aromatic carbocycles. The number of anilines is 1. The zero-order chi connectivity index (χ0) is 46.8. The van der Waals surface area contributed by atoms with Crippen molar-refractivity contribution in [1.82, 2.24) is 34.3 Å². The molecule has 2 fully saturated rings. The van der Waals surface area contributed by atoms with Gasteiger partial charge in [-0.15, -0.1) is 11.3 Å². The number of amides is 7. The molecule has 1 unspecified atom stereocenters. The van der Waals surface area contributed by atoms with Gasteiger partial charge in [0.25, 0.3) is 17.7 Å². The van der Waals surface area contributed by atoms with Gasteiger partial charge in [-0.1, -0.05) is 30.3 Å². The Hall–Kier alpha value is -6.29. The number of piperazine rings is 1. The number of aromatic nitrogens is 2. The Morgan fingerprint density at radius 1 is 0.909 bits per heavy atom. The summed E-state index contributed by atoms with van der Waals surface area (Å²) >= 11 is 1.24. The van der Waals surface area contributed by atoms with E-state index in [9.17, 15) is 42.0 Å². The van der Waals surface area contributed by atoms with Crippen LogP contribution in [0.4, 0.5) is 5.13 Å². The average molecular weight is 945 g/mol. The van der Waals surface area contributed by atoms with E-state index in [0.717, 1.165) is 59.6 Å². The molecule has 3 N–H and O–H groups in total. The molecular weight excluding hydrogens is 893 g/mol. The summed E-state index contributed by atoms with van der Waals surface area (Å²) in [4.78, 5) is 99.1. The molecule has 3 aliphatic rings. The van der Waals surface area contributed by atoms with Crippen molar-refractivity contribution in [2.75, 3.05) is 64.1 Å². The number of fused-ring (bicyclic) bond motifs is 1. The molecular formula is C45H52N8O11S2. The number of benzene rings is 2. The fourth-order valence-electron chi connectivity index (χ4n) is 7.84. The van der Waals surface area contributed by atoms with Crippen LogP contribution in [0.2, 0.25) is 0 Å². The van der Waals surface area contributed by atoms with Crippen LogP contribution in [0, 0.1) is 0 Å². The Balaban J connectivity index is 0.773. The van der Waals surface area contributed by atoms with Crippen LogP contribution in [0.5, 0.6) is 5.75 Å². The summed E-state index contributed by atoms with van der Waals surface area (Å²) in [5.41, 5.74) is 2.02. The number of imide groups is 2. The number of piperidine rings is 1. The first-order valence-corrected chi connectivity index (χ1v) is 24.6. The number of nitrogens with zero attached hydrogens (tertiary/aromatic N) is 5. The normalized spacial score (nSPS) is 17.1. The number of thiazole rings is 1. The second-order valence-electron chi connectivity index (χ2n) is 16.2. The van der Waals surface area contributed by atoms with Gasteiger partial charge < -0.3 is 25.0 Å². The van der Waals surface area contributed by atoms with Crippen molar-refractivity contribution in [2.45, 2.75) is 63.5 Å². The van der Waals surface area contributed by atoms with Gasteiger partial charge in [0.05, 0.1) is 35.2 Å². The van der Waals surface area contributed by atoms with Crippen LogP contribution in [0.1, 0.15) is 82.4 Å². The van der Waals surface area contributed by atoms with Crippen molar-refractivity contribution in [3.05, 3.63) is 89.1 Å². The summed E-state index contributed by atoms with van der Waals surface area (Å²) in [5, 5.41) is 9.83. The van der Waals surface area contributed by atoms with Gasteiger partial charge in [0.1, 0.15) is 17.8 Å². The number of hydrogen-bond acceptors (Lipinski definition) is 14. The van der Waals surface area contributed by atoms with Gasteiger partial charge in [0, 0.05) is 75.6 Å². The summed E-state index contributed by atoms with van der Waals surface area (Å²) in [6.45, 7) is 4.46. The van der Waals surface area contributed by atoms with E-state index in [0.29, 0.717) is 49.1 Å². The van der Waals surface area contributed by atoms with Gasteiger partial charge in [0.15, 0.2) is 5.13 Å². The number of nitrogens with one attached hydrogen (secondary N) is 3. The van der Waals surface area contributed by atoms with Gasteiger partial charge in [-0.3, -0.25) is 52.7 Å². The molecule has 4 aromatic rings. The van der Waals surface area contributed by atoms with Gasteiger partial charge in [-0.2, -0.15) is 0 Å². The summed E-state index contributed by atoms with van der Waals surface area (Å²) < 4.78 is 36.5. The van der Waals surface area contributed by atoms with E-state index >= 15 is 0 Å². The summed E-state index contributed by atoms with van der Waals surface area (Å²) in [7, 11) is -3.61. The number of rotatable bonds is 21. The fourth-order valence-corrected chi connectivity index (χ4v) is 9.15. The van der Waals surface area contributed by atoms with Crippen LogP contribution in [-0.4, -0.2) is 144 Å². The minimum atomic E-state index is -3.61. The molecule has 7 amide bonds. The average Bonchev–Trinajstić information content (AvgIpc) is 4.05. The molecule has 66 heavy (non-hydrogen) atoms. The molecule has 2 aromatic heterocycles. The Labute approximate surface area is 385 Å². The first kappa shape index (κ1) is 47.7. The highest BCUT2D eigenvalue weighted by molar-refractivity contribution is 7.89. The Kier molecular flexibility index (Phi) is 15.7. The van der Waals surface area contributed by atoms with E-state index in [4.69, 9.17) is 9.47 Å². The van der Waals surface area contributed by atoms with E-state index in [2.05, 4.69) is 25.8 Å². The van der Waals surface area contributed by atoms with Crippen molar-refractivity contribution in [3.63, 3.8) is 0 Å². The summed E-state index contributed by atoms with van der Waals surface area (Å²) in [6, 6.07) is 13.5. The third-order valence-electron chi connectivity index (χ3n) is 11.5. The van der Waals surface area contributed by atoms with Crippen LogP contribution < -0.4 is 20.7 Å². The maximum absolute atomic E-state index is 13.4. The molecule has 2 atom stereocenters. The molecule has 0 spiro atoms. The highest BCUT2D eigenvalue weighted by atomic mass is 32.2. The standard InChI is InChI=1S/C45H52N8O11S2/c1-66(61,62)52-19-16-31(28-52)40(56)46-35(41(57)49-45-47-36(29-65-45)30-9-4-2-5-10-30)17-26-63-24-8-11-39(55)51-22-20-50(21-23-51)18-6-3-7-25-64-32-12-13-33-34(27-32)44(60)53(43(33)59)37-14-15-38(54)48-42(37)58/h2,4-5,9-10,12-13,16,19,27-29,35,37H,3,6-8,11,14-15,17-18,20-26H2,1H3,(H,46,56)(H,47,49,57)(H,48,54,58)/t35-,37?/m0/s1. The monoisotopic (exact) mass is 944 g/mol. The Bertz CT molecular complexity index is 2550. The van der Waals surface area contributed by atoms with E-state index in [1.165, 1.54) is 41.9 Å². The maximum atomic E-state index is 13.4. The summed E-state index contributed by atoms with van der Waals surface area (Å²) in [6.07, 6.45) is 7.11. The zero-order valence-corrected chi connectivity index (χ0v) is 38.1. The molecule has 0 saturated carbocycles. The van der Waals surface area contributed by atoms with E-state index in [-0.39, 0.29) is 55.1 Å². The lowest BCUT2D eigenvalue weighted by molar-refractivity contribution is -0.136. The first-order chi connectivity index (χ1) is 31.7. The predicted molar refractivity (Wildman–Crippen MR) is 242 cm³/mol. The maximum Gasteiger partial charge on any atom is 0.262 e. The molecule has 21 heteroatoms. The van der Waals surface area contributed by atoms with Gasteiger partial charge in [-0.05, 0) is 69.3 Å². The van der Waals surface area contributed by atoms with Gasteiger partial charge in [-0.25, -0.2) is 13.4 Å². The molecule has 0 radical (unpaired) electrons. The lowest BCUT2D eigenvalue weighted by atomic mass is 10.0. The lowest BCUT2D eigenvalue weighted by Crippen LogP contribution is -2.54. The topological polar surface area (TPSA) is 236 Å². The number of hydrogen-bond donors (Lipinski definition) is 3. The second kappa shape index (κ2) is 21.8. The van der Waals surface area contributed by atoms with Crippen LogP contribution in [0.3, 0.4) is 0 Å². The molecule has 0 bridgehead atoms. The van der Waals surface area contributed by atoms with E-state index in [1.807, 2.05) is 40.6 Å². The lowest BCUT2D eigenvalue weighted by Gasteiger charge is -2.34. The Morgan fingerprint density at radius 3 is 2.42 bits per heavy atom. The van der Waals surface area contributed by atoms with Crippen molar-refractivity contribution in [2.24, 2.45) is 0 Å². The molecule has 5 heterocycles. The van der Waals surface area contributed by atoms with Crippen molar-refractivity contribution < 1.29 is 51.5 Å². The van der Waals surface area contributed by atoms with Crippen LogP contribution in [0.15, 0.2) is 72.4 Å². The molecule has 7 rings (SSSR count).